The Morgan fingerprint density at radius 1 is 1.18 bits per heavy atom. The van der Waals surface area contributed by atoms with E-state index < -0.39 is 0 Å². The minimum Gasteiger partial charge on any atom is -0.504 e. The van der Waals surface area contributed by atoms with E-state index in [1.165, 1.54) is 0 Å². The molecule has 1 N–H and O–H groups in total. The standard InChI is InChI=1S/C13H10BrClO2/c14-10-7-9(5-6-11(10)15)8-17-13-4-2-1-3-12(13)16/h1-7,16H,8H2. The number of benzene rings is 2. The van der Waals surface area contributed by atoms with Gasteiger partial charge >= 0.3 is 0 Å². The van der Waals surface area contributed by atoms with Crippen molar-refractivity contribution in [2.24, 2.45) is 0 Å². The first-order valence-corrected chi connectivity index (χ1v) is 6.18. The number of hydrogen-bond donors (Lipinski definition) is 1. The summed E-state index contributed by atoms with van der Waals surface area (Å²) in [6, 6.07) is 12.5. The third-order valence-corrected chi connectivity index (χ3v) is 3.46. The van der Waals surface area contributed by atoms with Crippen LogP contribution in [0.1, 0.15) is 5.56 Å². The number of aromatic hydroxyl groups is 1. The van der Waals surface area contributed by atoms with Crippen molar-refractivity contribution in [2.45, 2.75) is 6.61 Å². The summed E-state index contributed by atoms with van der Waals surface area (Å²) in [5.74, 6) is 0.610. The molecule has 0 saturated carbocycles. The Morgan fingerprint density at radius 3 is 2.65 bits per heavy atom. The zero-order chi connectivity index (χ0) is 12.3. The molecular formula is C13H10BrClO2. The first-order chi connectivity index (χ1) is 8.16. The number of rotatable bonds is 3. The lowest BCUT2D eigenvalue weighted by molar-refractivity contribution is 0.289. The second-order valence-electron chi connectivity index (χ2n) is 3.50. The molecular weight excluding hydrogens is 303 g/mol. The molecule has 0 aromatic heterocycles. The summed E-state index contributed by atoms with van der Waals surface area (Å²) >= 11 is 9.25. The second-order valence-corrected chi connectivity index (χ2v) is 4.77. The number of hydrogen-bond acceptors (Lipinski definition) is 2. The van der Waals surface area contributed by atoms with Gasteiger partial charge < -0.3 is 9.84 Å². The minimum atomic E-state index is 0.139. The molecule has 0 aliphatic heterocycles. The fourth-order valence-electron chi connectivity index (χ4n) is 1.37. The fourth-order valence-corrected chi connectivity index (χ4v) is 1.91. The van der Waals surface area contributed by atoms with Crippen molar-refractivity contribution in [1.82, 2.24) is 0 Å². The highest BCUT2D eigenvalue weighted by Crippen LogP contribution is 2.27. The second kappa shape index (κ2) is 5.43. The molecule has 2 nitrogen and oxygen atoms in total. The van der Waals surface area contributed by atoms with Gasteiger partial charge in [0, 0.05) is 4.47 Å². The summed E-state index contributed by atoms with van der Waals surface area (Å²) in [5, 5.41) is 10.2. The Hall–Kier alpha value is -1.19. The third-order valence-electron chi connectivity index (χ3n) is 2.24. The monoisotopic (exact) mass is 312 g/mol. The van der Waals surface area contributed by atoms with Gasteiger partial charge in [-0.3, -0.25) is 0 Å². The molecule has 2 rings (SSSR count). The van der Waals surface area contributed by atoms with Gasteiger partial charge in [0.05, 0.1) is 5.02 Å². The maximum atomic E-state index is 9.53. The van der Waals surface area contributed by atoms with Crippen LogP contribution in [-0.4, -0.2) is 5.11 Å². The van der Waals surface area contributed by atoms with Gasteiger partial charge in [0.2, 0.25) is 0 Å². The van der Waals surface area contributed by atoms with Crippen LogP contribution in [0.4, 0.5) is 0 Å². The minimum absolute atomic E-state index is 0.139. The molecule has 2 aromatic carbocycles. The van der Waals surface area contributed by atoms with E-state index in [1.807, 2.05) is 18.2 Å². The highest BCUT2D eigenvalue weighted by Gasteiger charge is 2.03. The number of phenols is 1. The Morgan fingerprint density at radius 2 is 1.94 bits per heavy atom. The van der Waals surface area contributed by atoms with E-state index in [-0.39, 0.29) is 5.75 Å². The first kappa shape index (κ1) is 12.3. The van der Waals surface area contributed by atoms with Gasteiger partial charge in [0.25, 0.3) is 0 Å². The van der Waals surface area contributed by atoms with Gasteiger partial charge in [-0.15, -0.1) is 0 Å². The highest BCUT2D eigenvalue weighted by atomic mass is 79.9. The average Bonchev–Trinajstić information content (AvgIpc) is 2.32. The summed E-state index contributed by atoms with van der Waals surface area (Å²) in [5.41, 5.74) is 0.976. The zero-order valence-electron chi connectivity index (χ0n) is 8.86. The quantitative estimate of drug-likeness (QED) is 0.911. The van der Waals surface area contributed by atoms with Crippen LogP contribution < -0.4 is 4.74 Å². The van der Waals surface area contributed by atoms with Crippen molar-refractivity contribution < 1.29 is 9.84 Å². The summed E-state index contributed by atoms with van der Waals surface area (Å²) in [6.07, 6.45) is 0. The normalized spacial score (nSPS) is 10.2. The van der Waals surface area contributed by atoms with Crippen LogP contribution in [0.15, 0.2) is 46.9 Å². The summed E-state index contributed by atoms with van der Waals surface area (Å²) in [4.78, 5) is 0. The van der Waals surface area contributed by atoms with E-state index in [0.717, 1.165) is 10.0 Å². The van der Waals surface area contributed by atoms with Gasteiger partial charge in [0.1, 0.15) is 6.61 Å². The van der Waals surface area contributed by atoms with Gasteiger partial charge in [-0.2, -0.15) is 0 Å². The highest BCUT2D eigenvalue weighted by molar-refractivity contribution is 9.10. The zero-order valence-corrected chi connectivity index (χ0v) is 11.2. The molecule has 0 aliphatic rings. The molecule has 0 saturated heterocycles. The van der Waals surface area contributed by atoms with E-state index in [9.17, 15) is 5.11 Å². The molecule has 0 heterocycles. The van der Waals surface area contributed by atoms with Gasteiger partial charge in [0.15, 0.2) is 11.5 Å². The smallest absolute Gasteiger partial charge is 0.161 e. The van der Waals surface area contributed by atoms with Crippen LogP contribution in [0.2, 0.25) is 5.02 Å². The van der Waals surface area contributed by atoms with Crippen LogP contribution >= 0.6 is 27.5 Å². The SMILES string of the molecule is Oc1ccccc1OCc1ccc(Cl)c(Br)c1. The van der Waals surface area contributed by atoms with Crippen molar-refractivity contribution in [2.75, 3.05) is 0 Å². The number of ether oxygens (including phenoxy) is 1. The van der Waals surface area contributed by atoms with Crippen molar-refractivity contribution in [3.05, 3.63) is 57.5 Å². The number of halogens is 2. The average molecular weight is 314 g/mol. The molecule has 0 amide bonds. The lowest BCUT2D eigenvalue weighted by Gasteiger charge is -2.08. The molecule has 2 aromatic rings. The largest absolute Gasteiger partial charge is 0.504 e. The van der Waals surface area contributed by atoms with Crippen molar-refractivity contribution in [3.63, 3.8) is 0 Å². The van der Waals surface area contributed by atoms with Crippen LogP contribution in [-0.2, 0) is 6.61 Å². The van der Waals surface area contributed by atoms with Gasteiger partial charge in [-0.25, -0.2) is 0 Å². The first-order valence-electron chi connectivity index (χ1n) is 5.01. The van der Waals surface area contributed by atoms with Crippen LogP contribution in [0, 0.1) is 0 Å². The summed E-state index contributed by atoms with van der Waals surface area (Å²) < 4.78 is 6.33. The molecule has 0 spiro atoms. The molecule has 4 heteroatoms. The Balaban J connectivity index is 2.08. The van der Waals surface area contributed by atoms with Crippen LogP contribution in [0.25, 0.3) is 0 Å². The summed E-state index contributed by atoms with van der Waals surface area (Å²) in [6.45, 7) is 0.382. The van der Waals surface area contributed by atoms with Crippen LogP contribution in [0.3, 0.4) is 0 Å². The van der Waals surface area contributed by atoms with Gasteiger partial charge in [-0.1, -0.05) is 29.8 Å². The molecule has 0 unspecified atom stereocenters. The van der Waals surface area contributed by atoms with Crippen molar-refractivity contribution in [1.29, 1.82) is 0 Å². The van der Waals surface area contributed by atoms with E-state index >= 15 is 0 Å². The van der Waals surface area contributed by atoms with E-state index in [4.69, 9.17) is 16.3 Å². The maximum absolute atomic E-state index is 9.53. The molecule has 0 bridgehead atoms. The predicted octanol–water partition coefficient (Wildman–Crippen LogP) is 4.39. The van der Waals surface area contributed by atoms with E-state index in [0.29, 0.717) is 17.4 Å². The van der Waals surface area contributed by atoms with Gasteiger partial charge in [-0.05, 0) is 45.8 Å². The lowest BCUT2D eigenvalue weighted by Crippen LogP contribution is -1.95. The van der Waals surface area contributed by atoms with E-state index in [1.54, 1.807) is 24.3 Å². The molecule has 0 atom stereocenters. The van der Waals surface area contributed by atoms with Crippen LogP contribution in [0.5, 0.6) is 11.5 Å². The maximum Gasteiger partial charge on any atom is 0.161 e. The Bertz CT molecular complexity index is 529. The third kappa shape index (κ3) is 3.14. The fraction of sp³-hybridized carbons (Fsp3) is 0.0769. The van der Waals surface area contributed by atoms with E-state index in [2.05, 4.69) is 15.9 Å². The lowest BCUT2D eigenvalue weighted by atomic mass is 10.2. The molecule has 0 radical (unpaired) electrons. The molecule has 0 fully saturated rings. The van der Waals surface area contributed by atoms with Crippen molar-refractivity contribution in [3.8, 4) is 11.5 Å². The van der Waals surface area contributed by atoms with Crippen molar-refractivity contribution >= 4 is 27.5 Å². The summed E-state index contributed by atoms with van der Waals surface area (Å²) in [7, 11) is 0. The Kier molecular flexibility index (Phi) is 3.92. The number of phenolic OH excluding ortho intramolecular Hbond substituents is 1. The molecule has 0 aliphatic carbocycles. The predicted molar refractivity (Wildman–Crippen MR) is 71.6 cm³/mol. The topological polar surface area (TPSA) is 29.5 Å². The molecule has 88 valence electrons. The number of para-hydroxylation sites is 2. The Labute approximate surface area is 113 Å². The molecule has 17 heavy (non-hydrogen) atoms.